The highest BCUT2D eigenvalue weighted by atomic mass is 19.1. The van der Waals surface area contributed by atoms with Crippen LogP contribution in [0.1, 0.15) is 12.8 Å². The number of ether oxygens (including phenoxy) is 1. The van der Waals surface area contributed by atoms with E-state index in [1.807, 2.05) is 0 Å². The number of hydrogen-bond donors (Lipinski definition) is 2. The number of non-ortho nitro benzene ring substituents is 1. The third-order valence-electron chi connectivity index (χ3n) is 3.19. The average Bonchev–Trinajstić information content (AvgIpc) is 2.38. The summed E-state index contributed by atoms with van der Waals surface area (Å²) in [5, 5.41) is 13.1. The van der Waals surface area contributed by atoms with Crippen molar-refractivity contribution in [3.05, 3.63) is 34.1 Å². The molecule has 20 heavy (non-hydrogen) atoms. The Morgan fingerprint density at radius 2 is 2.05 bits per heavy atom. The first-order chi connectivity index (χ1) is 9.40. The normalized spacial score (nSPS) is 17.5. The minimum Gasteiger partial charge on any atom is -0.381 e. The van der Waals surface area contributed by atoms with Gasteiger partial charge in [-0.15, -0.1) is 0 Å². The molecule has 1 saturated heterocycles. The summed E-state index contributed by atoms with van der Waals surface area (Å²) in [6, 6.07) is 2.87. The van der Waals surface area contributed by atoms with Gasteiger partial charge >= 0.3 is 0 Å². The van der Waals surface area contributed by atoms with E-state index in [0.29, 0.717) is 26.1 Å². The lowest BCUT2D eigenvalue weighted by atomic mass is 9.90. The zero-order valence-electron chi connectivity index (χ0n) is 10.6. The van der Waals surface area contributed by atoms with Gasteiger partial charge in [0.15, 0.2) is 0 Å². The minimum absolute atomic E-state index is 0.0121. The molecule has 7 nitrogen and oxygen atoms in total. The molecule has 0 unspecified atom stereocenters. The molecule has 0 bridgehead atoms. The number of anilines is 1. The highest BCUT2D eigenvalue weighted by Gasteiger charge is 2.36. The molecule has 0 atom stereocenters. The molecule has 0 aliphatic carbocycles. The smallest absolute Gasteiger partial charge is 0.274 e. The third kappa shape index (κ3) is 3.09. The van der Waals surface area contributed by atoms with Gasteiger partial charge in [-0.2, -0.15) is 0 Å². The quantitative estimate of drug-likeness (QED) is 0.639. The van der Waals surface area contributed by atoms with Crippen LogP contribution in [0.25, 0.3) is 0 Å². The van der Waals surface area contributed by atoms with E-state index in [0.717, 1.165) is 18.2 Å². The van der Waals surface area contributed by atoms with Gasteiger partial charge in [-0.1, -0.05) is 0 Å². The van der Waals surface area contributed by atoms with Crippen LogP contribution < -0.4 is 11.1 Å². The van der Waals surface area contributed by atoms with Crippen molar-refractivity contribution in [3.8, 4) is 0 Å². The van der Waals surface area contributed by atoms with Crippen molar-refractivity contribution in [1.82, 2.24) is 0 Å². The SMILES string of the molecule is NC1(C(=O)Nc2cc(F)cc([N+](=O)[O-])c2)CCOCC1. The Kier molecular flexibility index (Phi) is 3.96. The fourth-order valence-corrected chi connectivity index (χ4v) is 1.97. The molecule has 3 N–H and O–H groups in total. The lowest BCUT2D eigenvalue weighted by Crippen LogP contribution is -2.54. The topological polar surface area (TPSA) is 107 Å². The van der Waals surface area contributed by atoms with Gasteiger partial charge in [-0.05, 0) is 18.9 Å². The summed E-state index contributed by atoms with van der Waals surface area (Å²) in [5.74, 6) is -1.30. The summed E-state index contributed by atoms with van der Waals surface area (Å²) in [7, 11) is 0. The Morgan fingerprint density at radius 3 is 2.65 bits per heavy atom. The van der Waals surface area contributed by atoms with Crippen LogP contribution >= 0.6 is 0 Å². The zero-order valence-corrected chi connectivity index (χ0v) is 10.6. The number of hydrogen-bond acceptors (Lipinski definition) is 5. The highest BCUT2D eigenvalue weighted by Crippen LogP contribution is 2.23. The van der Waals surface area contributed by atoms with Crippen LogP contribution in [0.5, 0.6) is 0 Å². The monoisotopic (exact) mass is 283 g/mol. The first kappa shape index (κ1) is 14.4. The van der Waals surface area contributed by atoms with E-state index in [1.165, 1.54) is 0 Å². The fourth-order valence-electron chi connectivity index (χ4n) is 1.97. The van der Waals surface area contributed by atoms with Crippen LogP contribution in [0.4, 0.5) is 15.8 Å². The molecule has 0 aromatic heterocycles. The molecule has 108 valence electrons. The Hall–Kier alpha value is -2.06. The number of halogens is 1. The van der Waals surface area contributed by atoms with E-state index in [2.05, 4.69) is 5.32 Å². The van der Waals surface area contributed by atoms with Crippen molar-refractivity contribution in [2.24, 2.45) is 5.73 Å². The molecule has 0 saturated carbocycles. The van der Waals surface area contributed by atoms with Crippen LogP contribution in [0, 0.1) is 15.9 Å². The summed E-state index contributed by atoms with van der Waals surface area (Å²) in [6.45, 7) is 0.737. The Bertz CT molecular complexity index is 544. The number of carbonyl (C=O) groups is 1. The molecular weight excluding hydrogens is 269 g/mol. The van der Waals surface area contributed by atoms with Crippen molar-refractivity contribution in [2.75, 3.05) is 18.5 Å². The number of carbonyl (C=O) groups excluding carboxylic acids is 1. The largest absolute Gasteiger partial charge is 0.381 e. The number of nitrogens with one attached hydrogen (secondary N) is 1. The summed E-state index contributed by atoms with van der Waals surface area (Å²) in [6.07, 6.45) is 0.687. The maximum atomic E-state index is 13.3. The molecule has 0 spiro atoms. The first-order valence-electron chi connectivity index (χ1n) is 6.04. The van der Waals surface area contributed by atoms with Gasteiger partial charge in [0.1, 0.15) is 11.4 Å². The molecular formula is C12H14FN3O4. The van der Waals surface area contributed by atoms with E-state index >= 15 is 0 Å². The highest BCUT2D eigenvalue weighted by molar-refractivity contribution is 5.98. The molecule has 2 rings (SSSR count). The number of nitro groups is 1. The van der Waals surface area contributed by atoms with E-state index < -0.39 is 27.9 Å². The van der Waals surface area contributed by atoms with Crippen LogP contribution in [0.3, 0.4) is 0 Å². The molecule has 0 radical (unpaired) electrons. The zero-order chi connectivity index (χ0) is 14.8. The average molecular weight is 283 g/mol. The molecule has 1 aromatic carbocycles. The maximum absolute atomic E-state index is 13.3. The second-order valence-electron chi connectivity index (χ2n) is 4.68. The van der Waals surface area contributed by atoms with Gasteiger partial charge in [0.2, 0.25) is 5.91 Å². The molecule has 1 amide bonds. The maximum Gasteiger partial charge on any atom is 0.274 e. The Labute approximate surface area is 114 Å². The van der Waals surface area contributed by atoms with Crippen molar-refractivity contribution < 1.29 is 18.8 Å². The number of amides is 1. The predicted molar refractivity (Wildman–Crippen MR) is 68.7 cm³/mol. The van der Waals surface area contributed by atoms with E-state index in [-0.39, 0.29) is 5.69 Å². The van der Waals surface area contributed by atoms with Crippen LogP contribution in [-0.2, 0) is 9.53 Å². The van der Waals surface area contributed by atoms with E-state index in [9.17, 15) is 19.3 Å². The molecule has 1 heterocycles. The number of nitro benzene ring substituents is 1. The number of nitrogens with zero attached hydrogens (tertiary/aromatic N) is 1. The molecule has 1 fully saturated rings. The predicted octanol–water partition coefficient (Wildman–Crippen LogP) is 1.18. The summed E-state index contributed by atoms with van der Waals surface area (Å²) in [4.78, 5) is 22.0. The summed E-state index contributed by atoms with van der Waals surface area (Å²) < 4.78 is 18.4. The fraction of sp³-hybridized carbons (Fsp3) is 0.417. The number of nitrogens with two attached hydrogens (primary N) is 1. The molecule has 1 aromatic rings. The Morgan fingerprint density at radius 1 is 1.40 bits per heavy atom. The Balaban J connectivity index is 2.17. The second kappa shape index (κ2) is 5.51. The molecule has 1 aliphatic heterocycles. The molecule has 8 heteroatoms. The van der Waals surface area contributed by atoms with E-state index in [1.54, 1.807) is 0 Å². The van der Waals surface area contributed by atoms with Crippen molar-refractivity contribution in [3.63, 3.8) is 0 Å². The van der Waals surface area contributed by atoms with Crippen molar-refractivity contribution >= 4 is 17.3 Å². The van der Waals surface area contributed by atoms with Gasteiger partial charge in [-0.25, -0.2) is 4.39 Å². The summed E-state index contributed by atoms with van der Waals surface area (Å²) >= 11 is 0. The van der Waals surface area contributed by atoms with Gasteiger partial charge in [0, 0.05) is 19.3 Å². The first-order valence-corrected chi connectivity index (χ1v) is 6.04. The summed E-state index contributed by atoms with van der Waals surface area (Å²) in [5.41, 5.74) is 4.45. The van der Waals surface area contributed by atoms with Crippen LogP contribution in [0.2, 0.25) is 0 Å². The van der Waals surface area contributed by atoms with Crippen molar-refractivity contribution in [1.29, 1.82) is 0 Å². The molecule has 1 aliphatic rings. The number of benzene rings is 1. The van der Waals surface area contributed by atoms with Crippen LogP contribution in [0.15, 0.2) is 18.2 Å². The van der Waals surface area contributed by atoms with Gasteiger partial charge in [-0.3, -0.25) is 14.9 Å². The van der Waals surface area contributed by atoms with Crippen LogP contribution in [-0.4, -0.2) is 29.6 Å². The minimum atomic E-state index is -1.10. The third-order valence-corrected chi connectivity index (χ3v) is 3.19. The van der Waals surface area contributed by atoms with Gasteiger partial charge in [0.25, 0.3) is 5.69 Å². The van der Waals surface area contributed by atoms with E-state index in [4.69, 9.17) is 10.5 Å². The van der Waals surface area contributed by atoms with Gasteiger partial charge in [0.05, 0.1) is 16.7 Å². The van der Waals surface area contributed by atoms with Gasteiger partial charge < -0.3 is 15.8 Å². The van der Waals surface area contributed by atoms with Crippen molar-refractivity contribution in [2.45, 2.75) is 18.4 Å². The lowest BCUT2D eigenvalue weighted by Gasteiger charge is -2.31. The number of rotatable bonds is 3. The second-order valence-corrected chi connectivity index (χ2v) is 4.68. The standard InChI is InChI=1S/C12H14FN3O4/c13-8-5-9(7-10(6-8)16(18)19)15-11(17)12(14)1-3-20-4-2-12/h5-7H,1-4,14H2,(H,15,17). The lowest BCUT2D eigenvalue weighted by molar-refractivity contribution is -0.385.